The van der Waals surface area contributed by atoms with E-state index in [4.69, 9.17) is 11.6 Å². The third-order valence-electron chi connectivity index (χ3n) is 6.06. The van der Waals surface area contributed by atoms with Crippen molar-refractivity contribution in [1.29, 1.82) is 10.5 Å². The molecule has 190 valence electrons. The third kappa shape index (κ3) is 5.11. The van der Waals surface area contributed by atoms with E-state index in [-0.39, 0.29) is 53.8 Å². The summed E-state index contributed by atoms with van der Waals surface area (Å²) in [5, 5.41) is 39.5. The summed E-state index contributed by atoms with van der Waals surface area (Å²) in [5.41, 5.74) is 1.51. The highest BCUT2D eigenvalue weighted by atomic mass is 35.5. The lowest BCUT2D eigenvalue weighted by Crippen LogP contribution is -2.52. The van der Waals surface area contributed by atoms with Crippen molar-refractivity contribution >= 4 is 46.3 Å². The fourth-order valence-corrected chi connectivity index (χ4v) is 4.35. The first-order chi connectivity index (χ1) is 17.9. The number of anilines is 4. The van der Waals surface area contributed by atoms with Crippen molar-refractivity contribution in [2.45, 2.75) is 25.0 Å². The van der Waals surface area contributed by atoms with Gasteiger partial charge in [0, 0.05) is 25.7 Å². The number of piperazine rings is 1. The maximum atomic E-state index is 12.9. The Hall–Kier alpha value is -4.04. The zero-order valence-corrected chi connectivity index (χ0v) is 20.3. The summed E-state index contributed by atoms with van der Waals surface area (Å²) in [5.74, 6) is 0.270. The molecule has 2 aromatic heterocycles. The van der Waals surface area contributed by atoms with E-state index in [0.717, 1.165) is 12.8 Å². The van der Waals surface area contributed by atoms with Crippen LogP contribution in [0.25, 0.3) is 5.65 Å². The number of alkyl halides is 1. The van der Waals surface area contributed by atoms with Crippen molar-refractivity contribution in [1.82, 2.24) is 24.5 Å². The van der Waals surface area contributed by atoms with Crippen LogP contribution in [0.2, 0.25) is 5.02 Å². The molecule has 1 atom stereocenters. The maximum absolute atomic E-state index is 12.9. The molecule has 1 saturated heterocycles. The van der Waals surface area contributed by atoms with Crippen LogP contribution in [0.3, 0.4) is 0 Å². The van der Waals surface area contributed by atoms with Gasteiger partial charge in [-0.1, -0.05) is 11.6 Å². The number of aromatic nitrogens is 4. The van der Waals surface area contributed by atoms with Gasteiger partial charge in [-0.05, 0) is 25.0 Å². The first kappa shape index (κ1) is 24.6. The van der Waals surface area contributed by atoms with Crippen LogP contribution in [-0.4, -0.2) is 80.5 Å². The van der Waals surface area contributed by atoms with Gasteiger partial charge in [-0.25, -0.2) is 9.37 Å². The normalized spacial score (nSPS) is 16.9. The van der Waals surface area contributed by atoms with E-state index in [0.29, 0.717) is 29.4 Å². The summed E-state index contributed by atoms with van der Waals surface area (Å²) in [4.78, 5) is 24.8. The van der Waals surface area contributed by atoms with Crippen LogP contribution in [0, 0.1) is 22.7 Å². The number of benzene rings is 1. The lowest BCUT2D eigenvalue weighted by atomic mass is 10.1. The Morgan fingerprint density at radius 2 is 2.08 bits per heavy atom. The molecule has 1 saturated carbocycles. The van der Waals surface area contributed by atoms with Crippen LogP contribution in [0.5, 0.6) is 0 Å². The fourth-order valence-electron chi connectivity index (χ4n) is 4.09. The Kier molecular flexibility index (Phi) is 6.76. The molecule has 1 aliphatic carbocycles. The average Bonchev–Trinajstić information content (AvgIpc) is 3.61. The number of rotatable bonds is 8. The number of β-amino-alcohol motifs (C(OH)–C–C–N with tert-alkyl or cyclic N) is 1. The van der Waals surface area contributed by atoms with Crippen molar-refractivity contribution in [3.63, 3.8) is 0 Å². The van der Waals surface area contributed by atoms with Gasteiger partial charge < -0.3 is 20.6 Å². The molecule has 14 heteroatoms. The molecule has 2 aliphatic rings. The Morgan fingerprint density at radius 1 is 1.27 bits per heavy atom. The van der Waals surface area contributed by atoms with Crippen molar-refractivity contribution in [3.05, 3.63) is 34.6 Å². The molecular weight excluding hydrogens is 503 g/mol. The summed E-state index contributed by atoms with van der Waals surface area (Å²) in [6.45, 7) is -0.234. The van der Waals surface area contributed by atoms with Crippen LogP contribution in [0.1, 0.15) is 24.1 Å². The number of hydrogen-bond donors (Lipinski definition) is 3. The average molecular weight is 525 g/mol. The minimum absolute atomic E-state index is 0.0273. The number of halogens is 2. The SMILES string of the molecule is N#Cc1cc(Nc2nc(NC3CC3)c3ncc(C#N)n3n2)c(Cl)c(N2CCN(CC(O)CF)CC2=O)c1. The van der Waals surface area contributed by atoms with Gasteiger partial charge >= 0.3 is 0 Å². The van der Waals surface area contributed by atoms with Gasteiger partial charge in [0.25, 0.3) is 0 Å². The Morgan fingerprint density at radius 3 is 2.76 bits per heavy atom. The number of aliphatic hydroxyl groups is 1. The van der Waals surface area contributed by atoms with Crippen molar-refractivity contribution < 1.29 is 14.3 Å². The van der Waals surface area contributed by atoms with Gasteiger partial charge in [0.1, 0.15) is 12.7 Å². The van der Waals surface area contributed by atoms with Gasteiger partial charge in [0.2, 0.25) is 11.9 Å². The van der Waals surface area contributed by atoms with Crippen LogP contribution in [0.15, 0.2) is 18.3 Å². The number of nitriles is 2. The van der Waals surface area contributed by atoms with Crippen molar-refractivity contribution in [2.75, 3.05) is 48.4 Å². The predicted molar refractivity (Wildman–Crippen MR) is 132 cm³/mol. The summed E-state index contributed by atoms with van der Waals surface area (Å²) in [6.07, 6.45) is 2.25. The smallest absolute Gasteiger partial charge is 0.247 e. The van der Waals surface area contributed by atoms with E-state index in [9.17, 15) is 24.8 Å². The molecule has 1 aliphatic heterocycles. The summed E-state index contributed by atoms with van der Waals surface area (Å²) >= 11 is 6.71. The number of fused-ring (bicyclic) bond motifs is 1. The van der Waals surface area contributed by atoms with E-state index in [1.165, 1.54) is 27.7 Å². The molecule has 3 aromatic rings. The number of nitrogens with one attached hydrogen (secondary N) is 2. The number of aliphatic hydroxyl groups excluding tert-OH is 1. The maximum Gasteiger partial charge on any atom is 0.247 e. The monoisotopic (exact) mass is 524 g/mol. The molecule has 12 nitrogen and oxygen atoms in total. The van der Waals surface area contributed by atoms with E-state index in [1.807, 2.05) is 6.07 Å². The summed E-state index contributed by atoms with van der Waals surface area (Å²) in [6, 6.07) is 7.42. The number of amides is 1. The third-order valence-corrected chi connectivity index (χ3v) is 6.46. The van der Waals surface area contributed by atoms with Gasteiger partial charge in [-0.3, -0.25) is 9.69 Å². The lowest BCUT2D eigenvalue weighted by Gasteiger charge is -2.35. The van der Waals surface area contributed by atoms with Crippen molar-refractivity contribution in [3.8, 4) is 12.1 Å². The number of carbonyl (C=O) groups excluding carboxylic acids is 1. The quantitative estimate of drug-likeness (QED) is 0.396. The fraction of sp³-hybridized carbons (Fsp3) is 0.391. The molecule has 3 heterocycles. The van der Waals surface area contributed by atoms with Crippen LogP contribution in [0.4, 0.5) is 27.5 Å². The van der Waals surface area contributed by atoms with E-state index in [1.54, 1.807) is 4.90 Å². The number of hydrogen-bond acceptors (Lipinski definition) is 10. The standard InChI is InChI=1S/C23H22ClFN10O2/c24-20-17(30-23-31-21(29-14-1-2-14)22-28-10-15(9-27)35(22)32-23)5-13(8-26)6-18(20)34-4-3-33(12-19(34)37)11-16(36)7-25/h5-6,10,14,16,36H,1-4,7,11-12H2,(H2,29,30,31,32). The Labute approximate surface area is 215 Å². The molecule has 0 spiro atoms. The molecule has 2 fully saturated rings. The first-order valence-corrected chi connectivity index (χ1v) is 12.0. The van der Waals surface area contributed by atoms with Crippen LogP contribution in [-0.2, 0) is 4.79 Å². The second-order valence-electron chi connectivity index (χ2n) is 8.88. The summed E-state index contributed by atoms with van der Waals surface area (Å²) in [7, 11) is 0. The van der Waals surface area contributed by atoms with E-state index >= 15 is 0 Å². The van der Waals surface area contributed by atoms with E-state index in [2.05, 4.69) is 31.8 Å². The number of carbonyl (C=O) groups is 1. The molecule has 37 heavy (non-hydrogen) atoms. The largest absolute Gasteiger partial charge is 0.389 e. The van der Waals surface area contributed by atoms with Crippen LogP contribution >= 0.6 is 11.6 Å². The second-order valence-corrected chi connectivity index (χ2v) is 9.25. The molecule has 3 N–H and O–H groups in total. The Balaban J connectivity index is 1.46. The van der Waals surface area contributed by atoms with Gasteiger partial charge in [0.15, 0.2) is 17.2 Å². The van der Waals surface area contributed by atoms with Gasteiger partial charge in [-0.15, -0.1) is 5.10 Å². The van der Waals surface area contributed by atoms with Gasteiger partial charge in [-0.2, -0.15) is 20.0 Å². The molecular formula is C23H22ClFN10O2. The molecule has 1 aromatic carbocycles. The predicted octanol–water partition coefficient (Wildman–Crippen LogP) is 1.82. The minimum Gasteiger partial charge on any atom is -0.389 e. The van der Waals surface area contributed by atoms with Crippen LogP contribution < -0.4 is 15.5 Å². The topological polar surface area (TPSA) is 158 Å². The minimum atomic E-state index is -1.16. The molecule has 1 unspecified atom stereocenters. The first-order valence-electron chi connectivity index (χ1n) is 11.6. The van der Waals surface area contributed by atoms with Crippen molar-refractivity contribution in [2.24, 2.45) is 0 Å². The molecule has 0 radical (unpaired) electrons. The number of imidazole rings is 1. The summed E-state index contributed by atoms with van der Waals surface area (Å²) < 4.78 is 14.1. The molecule has 0 bridgehead atoms. The molecule has 5 rings (SSSR count). The zero-order valence-electron chi connectivity index (χ0n) is 19.5. The van der Waals surface area contributed by atoms with Gasteiger partial charge in [0.05, 0.1) is 46.9 Å². The highest BCUT2D eigenvalue weighted by Crippen LogP contribution is 2.37. The van der Waals surface area contributed by atoms with E-state index < -0.39 is 12.8 Å². The number of nitrogens with zero attached hydrogens (tertiary/aromatic N) is 8. The highest BCUT2D eigenvalue weighted by Gasteiger charge is 2.29. The lowest BCUT2D eigenvalue weighted by molar-refractivity contribution is -0.121. The zero-order chi connectivity index (χ0) is 26.1. The molecule has 1 amide bonds. The Bertz CT molecular complexity index is 1440. The second kappa shape index (κ2) is 10.1. The highest BCUT2D eigenvalue weighted by molar-refractivity contribution is 6.36.